The summed E-state index contributed by atoms with van der Waals surface area (Å²) in [6, 6.07) is 5.06. The second-order valence-corrected chi connectivity index (χ2v) is 6.97. The van der Waals surface area contributed by atoms with Gasteiger partial charge in [-0.2, -0.15) is 13.2 Å². The van der Waals surface area contributed by atoms with E-state index in [1.807, 2.05) is 6.07 Å². The van der Waals surface area contributed by atoms with Crippen LogP contribution in [0.3, 0.4) is 0 Å². The minimum Gasteiger partial charge on any atom is -0.372 e. The molecule has 1 aliphatic carbocycles. The molecule has 0 spiro atoms. The summed E-state index contributed by atoms with van der Waals surface area (Å²) in [6.45, 7) is -1.42. The van der Waals surface area contributed by atoms with E-state index >= 15 is 0 Å². The fourth-order valence-electron chi connectivity index (χ4n) is 2.37. The molecule has 0 unspecified atom stereocenters. The van der Waals surface area contributed by atoms with Crippen LogP contribution in [-0.4, -0.2) is 34.4 Å². The van der Waals surface area contributed by atoms with Crippen molar-refractivity contribution >= 4 is 10.0 Å². The summed E-state index contributed by atoms with van der Waals surface area (Å²) in [4.78, 5) is 0.198. The Balaban J connectivity index is 1.79. The second-order valence-electron chi connectivity index (χ2n) is 5.20. The third kappa shape index (κ3) is 4.96. The van der Waals surface area contributed by atoms with Crippen LogP contribution in [-0.2, 0) is 27.6 Å². The molecular weight excluding hydrogens is 319 g/mol. The molecule has 0 bridgehead atoms. The number of alkyl halides is 3. The lowest BCUT2D eigenvalue weighted by atomic mass is 10.1. The van der Waals surface area contributed by atoms with Gasteiger partial charge in [0.1, 0.15) is 6.61 Å². The number of nitrogens with one attached hydrogen (secondary N) is 1. The Kier molecular flexibility index (Phi) is 5.46. The summed E-state index contributed by atoms with van der Waals surface area (Å²) >= 11 is 0. The lowest BCUT2D eigenvalue weighted by Gasteiger charge is -2.10. The molecule has 0 aromatic heterocycles. The fraction of sp³-hybridized carbons (Fsp3) is 0.571. The van der Waals surface area contributed by atoms with Gasteiger partial charge in [0.15, 0.2) is 0 Å². The molecule has 22 heavy (non-hydrogen) atoms. The predicted octanol–water partition coefficient (Wildman–Crippen LogP) is 2.42. The lowest BCUT2D eigenvalue weighted by Crippen LogP contribution is -2.26. The Hall–Kier alpha value is -1.12. The molecule has 0 saturated carbocycles. The molecule has 0 radical (unpaired) electrons. The third-order valence-electron chi connectivity index (χ3n) is 3.40. The number of rotatable bonds is 7. The van der Waals surface area contributed by atoms with E-state index in [4.69, 9.17) is 0 Å². The first-order valence-electron chi connectivity index (χ1n) is 7.04. The summed E-state index contributed by atoms with van der Waals surface area (Å²) in [5.74, 6) is 0. The fourth-order valence-corrected chi connectivity index (χ4v) is 3.49. The molecule has 0 heterocycles. The molecule has 0 fully saturated rings. The number of fused-ring (bicyclic) bond motifs is 1. The number of sulfonamides is 1. The highest BCUT2D eigenvalue weighted by atomic mass is 32.2. The highest BCUT2D eigenvalue weighted by molar-refractivity contribution is 7.89. The lowest BCUT2D eigenvalue weighted by molar-refractivity contribution is -0.173. The number of hydrogen-bond acceptors (Lipinski definition) is 3. The van der Waals surface area contributed by atoms with Crippen LogP contribution in [0.1, 0.15) is 24.0 Å². The molecule has 1 aromatic carbocycles. The Morgan fingerprint density at radius 2 is 1.91 bits per heavy atom. The van der Waals surface area contributed by atoms with Gasteiger partial charge < -0.3 is 4.74 Å². The number of ether oxygens (including phenoxy) is 1. The van der Waals surface area contributed by atoms with Crippen LogP contribution in [0.5, 0.6) is 0 Å². The van der Waals surface area contributed by atoms with Gasteiger partial charge in [0, 0.05) is 13.2 Å². The molecule has 0 amide bonds. The Labute approximate surface area is 127 Å². The van der Waals surface area contributed by atoms with Crippen LogP contribution in [0.25, 0.3) is 0 Å². The Bertz CT molecular complexity index is 614. The molecule has 124 valence electrons. The highest BCUT2D eigenvalue weighted by Crippen LogP contribution is 2.24. The minimum absolute atomic E-state index is 0.0390. The highest BCUT2D eigenvalue weighted by Gasteiger charge is 2.27. The summed E-state index contributed by atoms with van der Waals surface area (Å²) in [5, 5.41) is 0. The number of halogens is 3. The smallest absolute Gasteiger partial charge is 0.372 e. The molecule has 4 nitrogen and oxygen atoms in total. The quantitative estimate of drug-likeness (QED) is 0.778. The van der Waals surface area contributed by atoms with Gasteiger partial charge in [0.2, 0.25) is 10.0 Å². The van der Waals surface area contributed by atoms with Crippen LogP contribution >= 0.6 is 0 Å². The monoisotopic (exact) mass is 337 g/mol. The molecule has 1 N–H and O–H groups in total. The van der Waals surface area contributed by atoms with Crippen molar-refractivity contribution in [3.63, 3.8) is 0 Å². The van der Waals surface area contributed by atoms with E-state index in [1.165, 1.54) is 5.56 Å². The normalized spacial score (nSPS) is 15.0. The van der Waals surface area contributed by atoms with Gasteiger partial charge in [0.25, 0.3) is 0 Å². The summed E-state index contributed by atoms with van der Waals surface area (Å²) < 4.78 is 66.5. The van der Waals surface area contributed by atoms with Gasteiger partial charge >= 0.3 is 6.18 Å². The molecular formula is C14H18F3NO3S. The molecule has 1 aromatic rings. The van der Waals surface area contributed by atoms with Crippen molar-refractivity contribution in [1.29, 1.82) is 0 Å². The topological polar surface area (TPSA) is 55.4 Å². The van der Waals surface area contributed by atoms with Crippen LogP contribution in [0.4, 0.5) is 13.2 Å². The van der Waals surface area contributed by atoms with E-state index in [-0.39, 0.29) is 24.5 Å². The van der Waals surface area contributed by atoms with E-state index in [2.05, 4.69) is 9.46 Å². The van der Waals surface area contributed by atoms with Crippen molar-refractivity contribution in [1.82, 2.24) is 4.72 Å². The first-order chi connectivity index (χ1) is 10.3. The average molecular weight is 337 g/mol. The number of benzene rings is 1. The van der Waals surface area contributed by atoms with E-state index in [0.717, 1.165) is 24.8 Å². The van der Waals surface area contributed by atoms with Crippen molar-refractivity contribution in [2.45, 2.75) is 36.8 Å². The van der Waals surface area contributed by atoms with Crippen LogP contribution in [0.2, 0.25) is 0 Å². The molecule has 8 heteroatoms. The standard InChI is InChI=1S/C14H18F3NO3S/c15-14(16,17)10-21-8-2-7-18-22(19,20)13-6-5-11-3-1-4-12(11)9-13/h5-6,9,18H,1-4,7-8,10H2. The van der Waals surface area contributed by atoms with E-state index in [9.17, 15) is 21.6 Å². The Morgan fingerprint density at radius 1 is 1.18 bits per heavy atom. The summed E-state index contributed by atoms with van der Waals surface area (Å²) in [7, 11) is -3.63. The predicted molar refractivity (Wildman–Crippen MR) is 75.1 cm³/mol. The SMILES string of the molecule is O=S(=O)(NCCCOCC(F)(F)F)c1ccc2c(c1)CCC2. The van der Waals surface area contributed by atoms with Gasteiger partial charge in [-0.3, -0.25) is 0 Å². The largest absolute Gasteiger partial charge is 0.411 e. The van der Waals surface area contributed by atoms with Gasteiger partial charge in [-0.1, -0.05) is 6.07 Å². The van der Waals surface area contributed by atoms with Crippen LogP contribution in [0.15, 0.2) is 23.1 Å². The van der Waals surface area contributed by atoms with Crippen molar-refractivity contribution in [3.05, 3.63) is 29.3 Å². The number of aryl methyl sites for hydroxylation is 2. The minimum atomic E-state index is -4.36. The summed E-state index contributed by atoms with van der Waals surface area (Å²) in [5.41, 5.74) is 2.23. The zero-order valence-electron chi connectivity index (χ0n) is 11.9. The van der Waals surface area contributed by atoms with E-state index in [1.54, 1.807) is 12.1 Å². The molecule has 0 saturated heterocycles. The van der Waals surface area contributed by atoms with Gasteiger partial charge in [-0.25, -0.2) is 13.1 Å². The van der Waals surface area contributed by atoms with Gasteiger partial charge in [-0.05, 0) is 48.9 Å². The zero-order chi connectivity index (χ0) is 16.2. The van der Waals surface area contributed by atoms with Crippen molar-refractivity contribution in [2.75, 3.05) is 19.8 Å². The molecule has 2 rings (SSSR count). The maximum absolute atomic E-state index is 12.1. The first kappa shape index (κ1) is 17.2. The summed E-state index contributed by atoms with van der Waals surface area (Å²) in [6.07, 6.45) is -1.30. The van der Waals surface area contributed by atoms with Crippen molar-refractivity contribution in [3.8, 4) is 0 Å². The third-order valence-corrected chi connectivity index (χ3v) is 4.86. The molecule has 0 aliphatic heterocycles. The van der Waals surface area contributed by atoms with Crippen molar-refractivity contribution in [2.24, 2.45) is 0 Å². The zero-order valence-corrected chi connectivity index (χ0v) is 12.8. The van der Waals surface area contributed by atoms with Crippen molar-refractivity contribution < 1.29 is 26.3 Å². The molecule has 1 aliphatic rings. The average Bonchev–Trinajstić information content (AvgIpc) is 2.88. The van der Waals surface area contributed by atoms with Crippen LogP contribution in [0, 0.1) is 0 Å². The van der Waals surface area contributed by atoms with Gasteiger partial charge in [-0.15, -0.1) is 0 Å². The Morgan fingerprint density at radius 3 is 2.64 bits per heavy atom. The maximum Gasteiger partial charge on any atom is 0.411 e. The second kappa shape index (κ2) is 6.97. The molecule has 0 atom stereocenters. The van der Waals surface area contributed by atoms with E-state index < -0.39 is 22.8 Å². The van der Waals surface area contributed by atoms with E-state index in [0.29, 0.717) is 0 Å². The van der Waals surface area contributed by atoms with Crippen LogP contribution < -0.4 is 4.72 Å². The van der Waals surface area contributed by atoms with Gasteiger partial charge in [0.05, 0.1) is 4.90 Å². The maximum atomic E-state index is 12.1. The first-order valence-corrected chi connectivity index (χ1v) is 8.52. The number of hydrogen-bond donors (Lipinski definition) is 1.